The number of thiazole rings is 1. The number of H-pyrrole nitrogens is 1. The van der Waals surface area contributed by atoms with Gasteiger partial charge in [0.15, 0.2) is 0 Å². The summed E-state index contributed by atoms with van der Waals surface area (Å²) in [7, 11) is 0. The van der Waals surface area contributed by atoms with Crippen molar-refractivity contribution < 1.29 is 13.9 Å². The van der Waals surface area contributed by atoms with Crippen LogP contribution in [0.1, 0.15) is 27.2 Å². The second kappa shape index (κ2) is 5.82. The molecule has 2 aliphatic heterocycles. The van der Waals surface area contributed by atoms with Crippen molar-refractivity contribution in [1.29, 1.82) is 0 Å². The zero-order valence-corrected chi connectivity index (χ0v) is 14.9. The molecule has 0 fully saturated rings. The first-order chi connectivity index (χ1) is 12.6. The van der Waals surface area contributed by atoms with Crippen molar-refractivity contribution in [3.63, 3.8) is 0 Å². The Labute approximate surface area is 156 Å². The van der Waals surface area contributed by atoms with Crippen LogP contribution in [-0.4, -0.2) is 11.0 Å². The number of rotatable bonds is 1. The van der Waals surface area contributed by atoms with E-state index in [4.69, 9.17) is 4.74 Å². The summed E-state index contributed by atoms with van der Waals surface area (Å²) in [6.45, 7) is 0. The first-order valence-corrected chi connectivity index (χ1v) is 9.77. The lowest BCUT2D eigenvalue weighted by Gasteiger charge is -2.39. The van der Waals surface area contributed by atoms with Crippen LogP contribution in [0.2, 0.25) is 0 Å². The van der Waals surface area contributed by atoms with Crippen molar-refractivity contribution in [2.45, 2.75) is 16.2 Å². The van der Waals surface area contributed by atoms with Crippen molar-refractivity contribution in [2.24, 2.45) is 5.92 Å². The Bertz CT molecular complexity index is 1070. The highest BCUT2D eigenvalue weighted by atomic mass is 32.2. The van der Waals surface area contributed by atoms with E-state index in [2.05, 4.69) is 4.98 Å². The Balaban J connectivity index is 1.73. The van der Waals surface area contributed by atoms with Gasteiger partial charge in [-0.1, -0.05) is 53.4 Å². The molecule has 0 aliphatic carbocycles. The van der Waals surface area contributed by atoms with Gasteiger partial charge >= 0.3 is 10.8 Å². The molecule has 3 atom stereocenters. The number of carbonyl (C=O) groups excluding carboxylic acids is 1. The molecule has 0 amide bonds. The van der Waals surface area contributed by atoms with Crippen molar-refractivity contribution >= 4 is 29.1 Å². The smallest absolute Gasteiger partial charge is 0.316 e. The highest BCUT2D eigenvalue weighted by molar-refractivity contribution is 7.99. The van der Waals surface area contributed by atoms with E-state index in [1.807, 2.05) is 18.2 Å². The first kappa shape index (κ1) is 15.8. The van der Waals surface area contributed by atoms with Crippen molar-refractivity contribution in [3.05, 3.63) is 80.0 Å². The minimum absolute atomic E-state index is 0.141. The van der Waals surface area contributed by atoms with Gasteiger partial charge in [-0.05, 0) is 23.8 Å². The average molecular weight is 385 g/mol. The van der Waals surface area contributed by atoms with Gasteiger partial charge in [0.05, 0.1) is 16.2 Å². The van der Waals surface area contributed by atoms with Crippen molar-refractivity contribution in [3.8, 4) is 5.75 Å². The van der Waals surface area contributed by atoms with Crippen LogP contribution in [0.3, 0.4) is 0 Å². The summed E-state index contributed by atoms with van der Waals surface area (Å²) >= 11 is 2.57. The summed E-state index contributed by atoms with van der Waals surface area (Å²) in [5, 5.41) is 0.513. The highest BCUT2D eigenvalue weighted by Gasteiger charge is 2.49. The van der Waals surface area contributed by atoms with Gasteiger partial charge in [-0.15, -0.1) is 0 Å². The fourth-order valence-electron chi connectivity index (χ4n) is 3.69. The molecule has 0 saturated carbocycles. The number of hydrogen-bond donors (Lipinski definition) is 1. The van der Waals surface area contributed by atoms with Crippen LogP contribution in [0.5, 0.6) is 5.75 Å². The number of benzene rings is 2. The van der Waals surface area contributed by atoms with Crippen LogP contribution in [0.25, 0.3) is 0 Å². The molecule has 0 radical (unpaired) electrons. The molecule has 0 bridgehead atoms. The number of ether oxygens (including phenoxy) is 1. The van der Waals surface area contributed by atoms with Crippen LogP contribution < -0.4 is 9.61 Å². The van der Waals surface area contributed by atoms with Crippen LogP contribution in [0, 0.1) is 11.7 Å². The fourth-order valence-corrected chi connectivity index (χ4v) is 6.27. The van der Waals surface area contributed by atoms with E-state index >= 15 is 0 Å². The van der Waals surface area contributed by atoms with Gasteiger partial charge in [0.25, 0.3) is 0 Å². The zero-order chi connectivity index (χ0) is 17.8. The topological polar surface area (TPSA) is 59.2 Å². The van der Waals surface area contributed by atoms with Crippen LogP contribution in [0.4, 0.5) is 4.39 Å². The summed E-state index contributed by atoms with van der Waals surface area (Å²) in [6.07, 6.45) is 0. The molecule has 3 aromatic rings. The number of fused-ring (bicyclic) bond motifs is 5. The van der Waals surface area contributed by atoms with E-state index in [0.717, 1.165) is 32.4 Å². The summed E-state index contributed by atoms with van der Waals surface area (Å²) in [4.78, 5) is 28.5. The lowest BCUT2D eigenvalue weighted by Crippen LogP contribution is -2.37. The largest absolute Gasteiger partial charge is 0.426 e. The van der Waals surface area contributed by atoms with Gasteiger partial charge in [-0.25, -0.2) is 4.39 Å². The van der Waals surface area contributed by atoms with E-state index in [-0.39, 0.29) is 27.8 Å². The number of hydrogen-bond acceptors (Lipinski definition) is 5. The third-order valence-electron chi connectivity index (χ3n) is 4.79. The maximum Gasteiger partial charge on any atom is 0.316 e. The number of aromatic amines is 1. The summed E-state index contributed by atoms with van der Waals surface area (Å²) < 4.78 is 18.9. The van der Waals surface area contributed by atoms with Gasteiger partial charge in [-0.3, -0.25) is 9.59 Å². The minimum atomic E-state index is -0.473. The van der Waals surface area contributed by atoms with E-state index in [0.29, 0.717) is 5.75 Å². The lowest BCUT2D eigenvalue weighted by molar-refractivity contribution is -0.140. The van der Waals surface area contributed by atoms with Gasteiger partial charge in [-0.2, -0.15) is 0 Å². The number of nitrogens with one attached hydrogen (secondary N) is 1. The number of carbonyl (C=O) groups is 1. The van der Waals surface area contributed by atoms with Crippen molar-refractivity contribution in [1.82, 2.24) is 4.98 Å². The SMILES string of the molecule is O=C1Oc2ccccc2C2c3sc(=O)[nH]c3SC(c3ccc(F)cc3)C12. The lowest BCUT2D eigenvalue weighted by atomic mass is 9.78. The molecule has 1 aromatic heterocycles. The second-order valence-electron chi connectivity index (χ2n) is 6.26. The summed E-state index contributed by atoms with van der Waals surface area (Å²) in [5.74, 6) is -0.827. The molecule has 130 valence electrons. The molecule has 3 unspecified atom stereocenters. The first-order valence-electron chi connectivity index (χ1n) is 8.07. The number of thioether (sulfide) groups is 1. The van der Waals surface area contributed by atoms with Crippen LogP contribution in [0.15, 0.2) is 58.4 Å². The van der Waals surface area contributed by atoms with Crippen LogP contribution >= 0.6 is 23.1 Å². The quantitative estimate of drug-likeness (QED) is 0.506. The molecule has 3 heterocycles. The van der Waals surface area contributed by atoms with Crippen molar-refractivity contribution in [2.75, 3.05) is 0 Å². The zero-order valence-electron chi connectivity index (χ0n) is 13.3. The van der Waals surface area contributed by atoms with E-state index < -0.39 is 5.92 Å². The maximum atomic E-state index is 13.4. The second-order valence-corrected chi connectivity index (χ2v) is 8.43. The van der Waals surface area contributed by atoms with Gasteiger partial charge in [0, 0.05) is 16.4 Å². The Morgan fingerprint density at radius 1 is 1.04 bits per heavy atom. The predicted octanol–water partition coefficient (Wildman–Crippen LogP) is 4.09. The number of esters is 1. The van der Waals surface area contributed by atoms with Gasteiger partial charge in [0.1, 0.15) is 11.6 Å². The number of aromatic nitrogens is 1. The fraction of sp³-hybridized carbons (Fsp3) is 0.158. The molecule has 5 rings (SSSR count). The summed E-state index contributed by atoms with van der Waals surface area (Å²) in [5.41, 5.74) is 1.74. The molecule has 2 aromatic carbocycles. The molecule has 2 aliphatic rings. The normalized spacial score (nSPS) is 23.6. The molecule has 26 heavy (non-hydrogen) atoms. The monoisotopic (exact) mass is 385 g/mol. The molecular weight excluding hydrogens is 373 g/mol. The molecule has 0 spiro atoms. The summed E-state index contributed by atoms with van der Waals surface area (Å²) in [6, 6.07) is 13.6. The Morgan fingerprint density at radius 2 is 1.81 bits per heavy atom. The minimum Gasteiger partial charge on any atom is -0.426 e. The van der Waals surface area contributed by atoms with E-state index in [1.54, 1.807) is 18.2 Å². The van der Waals surface area contributed by atoms with E-state index in [1.165, 1.54) is 23.9 Å². The maximum absolute atomic E-state index is 13.4. The number of halogens is 1. The Kier molecular flexibility index (Phi) is 3.55. The standard InChI is InChI=1S/C19H12FNO3S2/c20-10-7-5-9(6-8-10)15-14-13(16-17(25-15)21-19(23)26-16)11-3-1-2-4-12(11)24-18(14)22/h1-8,13-15H,(H,21,23). The highest BCUT2D eigenvalue weighted by Crippen LogP contribution is 2.58. The van der Waals surface area contributed by atoms with Gasteiger partial charge < -0.3 is 9.72 Å². The molecule has 7 heteroatoms. The number of para-hydroxylation sites is 1. The van der Waals surface area contributed by atoms with Crippen LogP contribution in [-0.2, 0) is 4.79 Å². The Hall–Kier alpha value is -2.38. The van der Waals surface area contributed by atoms with E-state index in [9.17, 15) is 14.0 Å². The third kappa shape index (κ3) is 2.34. The molecule has 0 saturated heterocycles. The predicted molar refractivity (Wildman–Crippen MR) is 97.3 cm³/mol. The average Bonchev–Trinajstić information content (AvgIpc) is 3.01. The third-order valence-corrected chi connectivity index (χ3v) is 7.26. The van der Waals surface area contributed by atoms with Gasteiger partial charge in [0.2, 0.25) is 0 Å². The molecular formula is C19H12FNO3S2. The molecule has 4 nitrogen and oxygen atoms in total. The Morgan fingerprint density at radius 3 is 2.62 bits per heavy atom. The molecule has 1 N–H and O–H groups in total.